The maximum atomic E-state index is 12.3. The number of furan rings is 1. The smallest absolute Gasteiger partial charge is 0.287 e. The Labute approximate surface area is 181 Å². The van der Waals surface area contributed by atoms with Gasteiger partial charge in [0.2, 0.25) is 0 Å². The molecule has 1 atom stereocenters. The quantitative estimate of drug-likeness (QED) is 0.621. The minimum Gasteiger partial charge on any atom is -0.497 e. The van der Waals surface area contributed by atoms with Gasteiger partial charge in [-0.25, -0.2) is 0 Å². The van der Waals surface area contributed by atoms with Gasteiger partial charge < -0.3 is 23.8 Å². The Hall–Kier alpha value is -3.33. The number of aromatic nitrogens is 3. The number of rotatable bonds is 7. The Balaban J connectivity index is 1.44. The van der Waals surface area contributed by atoms with Crippen LogP contribution in [-0.4, -0.2) is 52.9 Å². The van der Waals surface area contributed by atoms with E-state index >= 15 is 0 Å². The molecule has 1 amide bonds. The molecule has 1 aliphatic rings. The number of hydrogen-bond acceptors (Lipinski definition) is 7. The van der Waals surface area contributed by atoms with Crippen molar-refractivity contribution in [2.24, 2.45) is 0 Å². The van der Waals surface area contributed by atoms with Crippen LogP contribution in [0.15, 0.2) is 41.0 Å². The highest BCUT2D eigenvalue weighted by atomic mass is 16.5. The van der Waals surface area contributed by atoms with Crippen LogP contribution in [0.1, 0.15) is 40.7 Å². The van der Waals surface area contributed by atoms with E-state index in [1.807, 2.05) is 25.1 Å². The zero-order chi connectivity index (χ0) is 21.8. The van der Waals surface area contributed by atoms with Gasteiger partial charge in [-0.1, -0.05) is 0 Å². The number of nitrogens with one attached hydrogen (secondary N) is 1. The van der Waals surface area contributed by atoms with E-state index in [1.54, 1.807) is 26.4 Å². The predicted molar refractivity (Wildman–Crippen MR) is 113 cm³/mol. The van der Waals surface area contributed by atoms with Crippen molar-refractivity contribution < 1.29 is 18.7 Å². The van der Waals surface area contributed by atoms with Gasteiger partial charge in [0, 0.05) is 38.2 Å². The first-order valence-corrected chi connectivity index (χ1v) is 10.3. The summed E-state index contributed by atoms with van der Waals surface area (Å²) in [6.45, 7) is 5.08. The number of methoxy groups -OCH3 is 2. The van der Waals surface area contributed by atoms with E-state index < -0.39 is 0 Å². The lowest BCUT2D eigenvalue weighted by atomic mass is 10.1. The van der Waals surface area contributed by atoms with E-state index in [1.165, 1.54) is 6.26 Å². The summed E-state index contributed by atoms with van der Waals surface area (Å²) in [5.41, 5.74) is 1.08. The van der Waals surface area contributed by atoms with E-state index in [-0.39, 0.29) is 17.7 Å². The molecular formula is C22H27N5O4. The van der Waals surface area contributed by atoms with Crippen LogP contribution in [0, 0.1) is 0 Å². The molecule has 1 aromatic carbocycles. The molecule has 0 saturated carbocycles. The summed E-state index contributed by atoms with van der Waals surface area (Å²) in [7, 11) is 3.34. The molecule has 2 aromatic heterocycles. The third-order valence-electron chi connectivity index (χ3n) is 5.51. The number of hydrogen-bond donors (Lipinski definition) is 1. The summed E-state index contributed by atoms with van der Waals surface area (Å²) in [5.74, 6) is 3.34. The molecule has 3 heterocycles. The molecule has 0 aliphatic carbocycles. The Kier molecular flexibility index (Phi) is 6.22. The highest BCUT2D eigenvalue weighted by Crippen LogP contribution is 2.26. The molecule has 9 heteroatoms. The minimum absolute atomic E-state index is 0.268. The third kappa shape index (κ3) is 4.56. The van der Waals surface area contributed by atoms with Crippen molar-refractivity contribution in [3.63, 3.8) is 0 Å². The number of nitrogens with zero attached hydrogens (tertiary/aromatic N) is 4. The first-order chi connectivity index (χ1) is 15.1. The Morgan fingerprint density at radius 3 is 2.81 bits per heavy atom. The van der Waals surface area contributed by atoms with Crippen molar-refractivity contribution in [1.29, 1.82) is 0 Å². The lowest BCUT2D eigenvalue weighted by Crippen LogP contribution is -2.30. The van der Waals surface area contributed by atoms with E-state index in [4.69, 9.17) is 13.9 Å². The molecule has 4 rings (SSSR count). The van der Waals surface area contributed by atoms with Gasteiger partial charge in [0.25, 0.3) is 5.91 Å². The number of ether oxygens (including phenoxy) is 2. The lowest BCUT2D eigenvalue weighted by molar-refractivity contribution is 0.0909. The Bertz CT molecular complexity index is 1030. The van der Waals surface area contributed by atoms with E-state index in [9.17, 15) is 4.79 Å². The van der Waals surface area contributed by atoms with Gasteiger partial charge in [0.1, 0.15) is 17.3 Å². The first kappa shape index (κ1) is 20.9. The second-order valence-electron chi connectivity index (χ2n) is 7.50. The number of carbonyl (C=O) groups excluding carboxylic acids is 1. The molecule has 1 aliphatic heterocycles. The molecule has 0 bridgehead atoms. The summed E-state index contributed by atoms with van der Waals surface area (Å²) in [6.07, 6.45) is 2.26. The lowest BCUT2D eigenvalue weighted by Gasteiger charge is -2.21. The first-order valence-electron chi connectivity index (χ1n) is 10.3. The van der Waals surface area contributed by atoms with Gasteiger partial charge in [-0.05, 0) is 37.3 Å². The molecule has 31 heavy (non-hydrogen) atoms. The van der Waals surface area contributed by atoms with Gasteiger partial charge in [0.05, 0.1) is 26.5 Å². The van der Waals surface area contributed by atoms with E-state index in [0.29, 0.717) is 0 Å². The average Bonchev–Trinajstić information content (AvgIpc) is 3.42. The molecule has 1 N–H and O–H groups in total. The molecule has 9 nitrogen and oxygen atoms in total. The fourth-order valence-corrected chi connectivity index (χ4v) is 3.85. The molecule has 3 aromatic rings. The fraction of sp³-hybridized carbons (Fsp3) is 0.409. The monoisotopic (exact) mass is 425 g/mol. The highest BCUT2D eigenvalue weighted by Gasteiger charge is 2.24. The van der Waals surface area contributed by atoms with Crippen molar-refractivity contribution in [2.45, 2.75) is 32.5 Å². The van der Waals surface area contributed by atoms with E-state index in [2.05, 4.69) is 25.0 Å². The molecule has 0 saturated heterocycles. The summed E-state index contributed by atoms with van der Waals surface area (Å²) < 4.78 is 18.2. The summed E-state index contributed by atoms with van der Waals surface area (Å²) in [4.78, 5) is 14.7. The third-order valence-corrected chi connectivity index (χ3v) is 5.51. The summed E-state index contributed by atoms with van der Waals surface area (Å²) in [6, 6.07) is 8.88. The van der Waals surface area contributed by atoms with Gasteiger partial charge in [-0.3, -0.25) is 9.69 Å². The van der Waals surface area contributed by atoms with Crippen LogP contribution in [0.3, 0.4) is 0 Å². The van der Waals surface area contributed by atoms with Crippen molar-refractivity contribution in [2.75, 3.05) is 27.3 Å². The molecule has 0 spiro atoms. The van der Waals surface area contributed by atoms with Crippen LogP contribution < -0.4 is 14.8 Å². The molecule has 0 radical (unpaired) electrons. The van der Waals surface area contributed by atoms with Crippen LogP contribution in [-0.2, 0) is 19.5 Å². The summed E-state index contributed by atoms with van der Waals surface area (Å²) in [5, 5.41) is 11.7. The number of fused-ring (bicyclic) bond motifs is 1. The molecular weight excluding hydrogens is 398 g/mol. The van der Waals surface area contributed by atoms with Crippen molar-refractivity contribution in [3.8, 4) is 11.5 Å². The fourth-order valence-electron chi connectivity index (χ4n) is 3.85. The second kappa shape index (κ2) is 9.22. The van der Waals surface area contributed by atoms with Crippen LogP contribution in [0.4, 0.5) is 0 Å². The van der Waals surface area contributed by atoms with Crippen molar-refractivity contribution in [3.05, 3.63) is 59.6 Å². The SMILES string of the molecule is COc1ccc(OC)c(CN2CCc3nnc([C@@H](C)NC(=O)c4ccco4)n3CC2)c1. The number of benzene rings is 1. The average molecular weight is 425 g/mol. The van der Waals surface area contributed by atoms with Crippen LogP contribution in [0.2, 0.25) is 0 Å². The number of amides is 1. The zero-order valence-electron chi connectivity index (χ0n) is 18.0. The van der Waals surface area contributed by atoms with Crippen molar-refractivity contribution in [1.82, 2.24) is 25.0 Å². The van der Waals surface area contributed by atoms with Crippen LogP contribution in [0.25, 0.3) is 0 Å². The van der Waals surface area contributed by atoms with Gasteiger partial charge >= 0.3 is 0 Å². The second-order valence-corrected chi connectivity index (χ2v) is 7.50. The maximum absolute atomic E-state index is 12.3. The molecule has 0 unspecified atom stereocenters. The predicted octanol–water partition coefficient (Wildman–Crippen LogP) is 2.44. The van der Waals surface area contributed by atoms with E-state index in [0.717, 1.165) is 61.3 Å². The largest absolute Gasteiger partial charge is 0.497 e. The Morgan fingerprint density at radius 1 is 1.19 bits per heavy atom. The van der Waals surface area contributed by atoms with Gasteiger partial charge in [-0.2, -0.15) is 0 Å². The van der Waals surface area contributed by atoms with Gasteiger partial charge in [-0.15, -0.1) is 10.2 Å². The van der Waals surface area contributed by atoms with Gasteiger partial charge in [0.15, 0.2) is 11.6 Å². The Morgan fingerprint density at radius 2 is 2.06 bits per heavy atom. The van der Waals surface area contributed by atoms with Crippen LogP contribution in [0.5, 0.6) is 11.5 Å². The topological polar surface area (TPSA) is 94.7 Å². The molecule has 164 valence electrons. The normalized spacial score (nSPS) is 15.1. The highest BCUT2D eigenvalue weighted by molar-refractivity contribution is 5.91. The molecule has 0 fully saturated rings. The van der Waals surface area contributed by atoms with Crippen LogP contribution >= 0.6 is 0 Å². The zero-order valence-corrected chi connectivity index (χ0v) is 18.0. The maximum Gasteiger partial charge on any atom is 0.287 e. The standard InChI is InChI=1S/C22H27N5O4/c1-15(23-22(28)19-5-4-12-31-19)21-25-24-20-8-9-26(10-11-27(20)21)14-16-13-17(29-2)6-7-18(16)30-3/h4-7,12-13,15H,8-11,14H2,1-3H3,(H,23,28)/t15-/m1/s1. The number of carbonyl (C=O) groups is 1. The summed E-state index contributed by atoms with van der Waals surface area (Å²) >= 11 is 0. The van der Waals surface area contributed by atoms with Crippen molar-refractivity contribution >= 4 is 5.91 Å². The minimum atomic E-state index is -0.288.